The third kappa shape index (κ3) is 1.15. The zero-order valence-electron chi connectivity index (χ0n) is 7.88. The molecule has 2 rings (SSSR count). The van der Waals surface area contributed by atoms with Crippen LogP contribution in [0.1, 0.15) is 31.3 Å². The fourth-order valence-corrected chi connectivity index (χ4v) is 1.98. The summed E-state index contributed by atoms with van der Waals surface area (Å²) in [7, 11) is 0. The van der Waals surface area contributed by atoms with Crippen LogP contribution in [0.15, 0.2) is 6.20 Å². The maximum atomic E-state index is 4.39. The Hall–Kier alpha value is -0.790. The first-order valence-corrected chi connectivity index (χ1v) is 4.82. The van der Waals surface area contributed by atoms with Crippen molar-refractivity contribution >= 4 is 0 Å². The van der Waals surface area contributed by atoms with Crippen molar-refractivity contribution in [1.82, 2.24) is 9.55 Å². The number of hydrogen-bond donors (Lipinski definition) is 0. The normalized spacial score (nSPS) is 22.3. The van der Waals surface area contributed by atoms with E-state index in [1.54, 1.807) is 0 Å². The van der Waals surface area contributed by atoms with Gasteiger partial charge in [0.25, 0.3) is 0 Å². The summed E-state index contributed by atoms with van der Waals surface area (Å²) in [5.41, 5.74) is 1.32. The van der Waals surface area contributed by atoms with Crippen molar-refractivity contribution in [1.29, 1.82) is 0 Å². The maximum absolute atomic E-state index is 4.39. The van der Waals surface area contributed by atoms with Crippen LogP contribution in [0.25, 0.3) is 0 Å². The molecule has 0 saturated carbocycles. The number of aromatic nitrogens is 2. The van der Waals surface area contributed by atoms with E-state index in [0.717, 1.165) is 5.92 Å². The Kier molecular flexibility index (Phi) is 1.91. The van der Waals surface area contributed by atoms with E-state index in [1.807, 2.05) is 6.20 Å². The lowest BCUT2D eigenvalue weighted by molar-refractivity contribution is 0.352. The van der Waals surface area contributed by atoms with Crippen molar-refractivity contribution in [2.45, 2.75) is 39.7 Å². The lowest BCUT2D eigenvalue weighted by Crippen LogP contribution is -2.20. The first-order valence-electron chi connectivity index (χ1n) is 4.82. The molecule has 0 N–H and O–H groups in total. The predicted molar refractivity (Wildman–Crippen MR) is 49.1 cm³/mol. The molecular formula is C10H16N2. The van der Waals surface area contributed by atoms with E-state index in [0.29, 0.717) is 0 Å². The molecule has 0 spiro atoms. The lowest BCUT2D eigenvalue weighted by Gasteiger charge is -2.23. The summed E-state index contributed by atoms with van der Waals surface area (Å²) >= 11 is 0. The van der Waals surface area contributed by atoms with E-state index in [4.69, 9.17) is 0 Å². The summed E-state index contributed by atoms with van der Waals surface area (Å²) in [6, 6.07) is 0. The van der Waals surface area contributed by atoms with Gasteiger partial charge in [-0.1, -0.05) is 13.3 Å². The first kappa shape index (κ1) is 7.84. The van der Waals surface area contributed by atoms with Crippen LogP contribution in [0.3, 0.4) is 0 Å². The van der Waals surface area contributed by atoms with E-state index >= 15 is 0 Å². The monoisotopic (exact) mass is 164 g/mol. The summed E-state index contributed by atoms with van der Waals surface area (Å²) in [4.78, 5) is 4.39. The minimum absolute atomic E-state index is 0.880. The number of hydrogen-bond acceptors (Lipinski definition) is 1. The quantitative estimate of drug-likeness (QED) is 0.622. The van der Waals surface area contributed by atoms with Crippen LogP contribution in [0, 0.1) is 12.8 Å². The molecule has 0 radical (unpaired) electrons. The number of imidazole rings is 1. The van der Waals surface area contributed by atoms with Gasteiger partial charge in [0, 0.05) is 24.9 Å². The smallest absolute Gasteiger partial charge is 0.108 e. The molecular weight excluding hydrogens is 148 g/mol. The first-order chi connectivity index (χ1) is 5.81. The highest BCUT2D eigenvalue weighted by molar-refractivity contribution is 5.05. The van der Waals surface area contributed by atoms with Crippen LogP contribution in [0.5, 0.6) is 0 Å². The molecule has 2 heteroatoms. The molecule has 0 fully saturated rings. The molecule has 0 bridgehead atoms. The molecule has 0 saturated heterocycles. The van der Waals surface area contributed by atoms with Gasteiger partial charge in [-0.2, -0.15) is 0 Å². The molecule has 2 nitrogen and oxygen atoms in total. The Morgan fingerprint density at radius 2 is 2.50 bits per heavy atom. The Balaban J connectivity index is 2.26. The Morgan fingerprint density at radius 3 is 3.25 bits per heavy atom. The van der Waals surface area contributed by atoms with Gasteiger partial charge < -0.3 is 4.57 Å². The Labute approximate surface area is 73.6 Å². The average molecular weight is 164 g/mol. The summed E-state index contributed by atoms with van der Waals surface area (Å²) in [5.74, 6) is 2.17. The second kappa shape index (κ2) is 2.92. The molecule has 1 atom stereocenters. The van der Waals surface area contributed by atoms with Gasteiger partial charge in [-0.3, -0.25) is 0 Å². The molecule has 1 aromatic heterocycles. The molecule has 66 valence electrons. The van der Waals surface area contributed by atoms with Gasteiger partial charge in [-0.15, -0.1) is 0 Å². The zero-order chi connectivity index (χ0) is 8.55. The fraction of sp³-hybridized carbons (Fsp3) is 0.700. The van der Waals surface area contributed by atoms with Crippen LogP contribution in [-0.2, 0) is 13.0 Å². The van der Waals surface area contributed by atoms with E-state index in [9.17, 15) is 0 Å². The lowest BCUT2D eigenvalue weighted by atomic mass is 9.97. The van der Waals surface area contributed by atoms with Crippen LogP contribution < -0.4 is 0 Å². The van der Waals surface area contributed by atoms with Crippen molar-refractivity contribution in [3.63, 3.8) is 0 Å². The van der Waals surface area contributed by atoms with E-state index in [1.165, 1.54) is 37.3 Å². The molecule has 1 aliphatic heterocycles. The van der Waals surface area contributed by atoms with E-state index in [-0.39, 0.29) is 0 Å². The highest BCUT2D eigenvalue weighted by atomic mass is 15.1. The SMILES string of the molecule is CCC1CCc2ncc(C)n2C1. The summed E-state index contributed by atoms with van der Waals surface area (Å²) < 4.78 is 2.37. The second-order valence-corrected chi connectivity index (χ2v) is 3.74. The number of fused-ring (bicyclic) bond motifs is 1. The van der Waals surface area contributed by atoms with Crippen molar-refractivity contribution in [2.24, 2.45) is 5.92 Å². The topological polar surface area (TPSA) is 17.8 Å². The summed E-state index contributed by atoms with van der Waals surface area (Å²) in [6.07, 6.45) is 5.80. The molecule has 2 heterocycles. The minimum Gasteiger partial charge on any atom is -0.332 e. The minimum atomic E-state index is 0.880. The number of rotatable bonds is 1. The zero-order valence-corrected chi connectivity index (χ0v) is 7.88. The van der Waals surface area contributed by atoms with Gasteiger partial charge in [0.05, 0.1) is 0 Å². The van der Waals surface area contributed by atoms with Crippen molar-refractivity contribution in [3.05, 3.63) is 17.7 Å². The molecule has 1 aromatic rings. The van der Waals surface area contributed by atoms with E-state index in [2.05, 4.69) is 23.4 Å². The van der Waals surface area contributed by atoms with Gasteiger partial charge in [-0.05, 0) is 19.3 Å². The molecule has 12 heavy (non-hydrogen) atoms. The van der Waals surface area contributed by atoms with Crippen LogP contribution >= 0.6 is 0 Å². The largest absolute Gasteiger partial charge is 0.332 e. The van der Waals surface area contributed by atoms with Gasteiger partial charge in [-0.25, -0.2) is 4.98 Å². The van der Waals surface area contributed by atoms with Crippen molar-refractivity contribution < 1.29 is 0 Å². The van der Waals surface area contributed by atoms with E-state index < -0.39 is 0 Å². The maximum Gasteiger partial charge on any atom is 0.108 e. The molecule has 0 aromatic carbocycles. The second-order valence-electron chi connectivity index (χ2n) is 3.74. The third-order valence-electron chi connectivity index (χ3n) is 2.93. The van der Waals surface area contributed by atoms with Crippen LogP contribution in [-0.4, -0.2) is 9.55 Å². The van der Waals surface area contributed by atoms with Gasteiger partial charge >= 0.3 is 0 Å². The molecule has 1 aliphatic rings. The van der Waals surface area contributed by atoms with Crippen molar-refractivity contribution in [3.8, 4) is 0 Å². The highest BCUT2D eigenvalue weighted by Crippen LogP contribution is 2.22. The third-order valence-corrected chi connectivity index (χ3v) is 2.93. The van der Waals surface area contributed by atoms with Crippen molar-refractivity contribution in [2.75, 3.05) is 0 Å². The number of aryl methyl sites for hydroxylation is 2. The standard InChI is InChI=1S/C10H16N2/c1-3-9-4-5-10-11-6-8(2)12(10)7-9/h6,9H,3-5,7H2,1-2H3. The fourth-order valence-electron chi connectivity index (χ4n) is 1.98. The Bertz CT molecular complexity index is 275. The number of nitrogens with zero attached hydrogens (tertiary/aromatic N) is 2. The van der Waals surface area contributed by atoms with Crippen LogP contribution in [0.4, 0.5) is 0 Å². The highest BCUT2D eigenvalue weighted by Gasteiger charge is 2.18. The predicted octanol–water partition coefficient (Wildman–Crippen LogP) is 2.16. The average Bonchev–Trinajstić information content (AvgIpc) is 2.47. The molecule has 0 aliphatic carbocycles. The molecule has 0 amide bonds. The van der Waals surface area contributed by atoms with Gasteiger partial charge in [0.15, 0.2) is 0 Å². The van der Waals surface area contributed by atoms with Gasteiger partial charge in [0.2, 0.25) is 0 Å². The summed E-state index contributed by atoms with van der Waals surface area (Å²) in [6.45, 7) is 5.62. The Morgan fingerprint density at radius 1 is 1.67 bits per heavy atom. The molecule has 1 unspecified atom stereocenters. The van der Waals surface area contributed by atoms with Gasteiger partial charge in [0.1, 0.15) is 5.82 Å². The summed E-state index contributed by atoms with van der Waals surface area (Å²) in [5, 5.41) is 0. The van der Waals surface area contributed by atoms with Crippen LogP contribution in [0.2, 0.25) is 0 Å².